The molecule has 82 valence electrons. The summed E-state index contributed by atoms with van der Waals surface area (Å²) in [6, 6.07) is 1.66. The van der Waals surface area contributed by atoms with Crippen LogP contribution in [0.3, 0.4) is 0 Å². The topological polar surface area (TPSA) is 30.0 Å². The Balaban J connectivity index is 3.15. The zero-order chi connectivity index (χ0) is 11.6. The number of aromatic nitrogens is 1. The second-order valence-electron chi connectivity index (χ2n) is 4.58. The molecule has 15 heavy (non-hydrogen) atoms. The summed E-state index contributed by atoms with van der Waals surface area (Å²) in [7, 11) is 0. The molecule has 1 aromatic heterocycles. The van der Waals surface area contributed by atoms with Crippen molar-refractivity contribution in [2.75, 3.05) is 0 Å². The minimum absolute atomic E-state index is 0.0253. The fourth-order valence-electron chi connectivity index (χ4n) is 1.32. The highest BCUT2D eigenvalue weighted by Crippen LogP contribution is 2.29. The van der Waals surface area contributed by atoms with Crippen LogP contribution >= 0.6 is 11.6 Å². The lowest BCUT2D eigenvalue weighted by molar-refractivity contribution is 0.0983. The normalized spacial score (nSPS) is 11.5. The summed E-state index contributed by atoms with van der Waals surface area (Å²) >= 11 is 6.12. The Kier molecular flexibility index (Phi) is 3.50. The largest absolute Gasteiger partial charge is 0.292 e. The van der Waals surface area contributed by atoms with E-state index in [4.69, 9.17) is 11.6 Å². The summed E-state index contributed by atoms with van der Waals surface area (Å²) in [6.45, 7) is 8.02. The Morgan fingerprint density at radius 3 is 2.47 bits per heavy atom. The molecule has 0 aliphatic heterocycles. The lowest BCUT2D eigenvalue weighted by atomic mass is 9.88. The standard InChI is InChI=1S/C12H16ClNO/c1-5-11(15)10-6-9(13)8(7-14-10)12(2,3)4/h6-7H,5H2,1-4H3. The van der Waals surface area contributed by atoms with Crippen LogP contribution in [-0.2, 0) is 5.41 Å². The first-order valence-corrected chi connectivity index (χ1v) is 5.43. The summed E-state index contributed by atoms with van der Waals surface area (Å²) in [6.07, 6.45) is 2.16. The van der Waals surface area contributed by atoms with Gasteiger partial charge in [0.05, 0.1) is 0 Å². The monoisotopic (exact) mass is 225 g/mol. The van der Waals surface area contributed by atoms with Gasteiger partial charge in [-0.3, -0.25) is 9.78 Å². The SMILES string of the molecule is CCC(=O)c1cc(Cl)c(C(C)(C)C)cn1. The molecule has 0 N–H and O–H groups in total. The van der Waals surface area contributed by atoms with Gasteiger partial charge in [0.1, 0.15) is 5.69 Å². The predicted octanol–water partition coefficient (Wildman–Crippen LogP) is 3.63. The number of carbonyl (C=O) groups is 1. The molecule has 0 spiro atoms. The molecule has 0 saturated carbocycles. The fourth-order valence-corrected chi connectivity index (χ4v) is 1.75. The van der Waals surface area contributed by atoms with Gasteiger partial charge in [0.15, 0.2) is 5.78 Å². The van der Waals surface area contributed by atoms with Crippen molar-refractivity contribution in [3.05, 3.63) is 28.5 Å². The van der Waals surface area contributed by atoms with Crippen LogP contribution in [0, 0.1) is 0 Å². The Hall–Kier alpha value is -0.890. The molecule has 2 nitrogen and oxygen atoms in total. The molecule has 0 aliphatic rings. The van der Waals surface area contributed by atoms with Gasteiger partial charge in [-0.25, -0.2) is 0 Å². The maximum absolute atomic E-state index is 11.4. The number of rotatable bonds is 2. The molecular formula is C12H16ClNO. The van der Waals surface area contributed by atoms with E-state index in [-0.39, 0.29) is 11.2 Å². The fraction of sp³-hybridized carbons (Fsp3) is 0.500. The predicted molar refractivity (Wildman–Crippen MR) is 62.6 cm³/mol. The minimum atomic E-state index is -0.0438. The Morgan fingerprint density at radius 2 is 2.07 bits per heavy atom. The Morgan fingerprint density at radius 1 is 1.47 bits per heavy atom. The van der Waals surface area contributed by atoms with Gasteiger partial charge in [-0.05, 0) is 17.0 Å². The first-order valence-electron chi connectivity index (χ1n) is 5.05. The van der Waals surface area contributed by atoms with E-state index in [2.05, 4.69) is 25.8 Å². The number of halogens is 1. The molecule has 3 heteroatoms. The average Bonchev–Trinajstić information content (AvgIpc) is 2.14. The number of pyridine rings is 1. The number of hydrogen-bond donors (Lipinski definition) is 0. The summed E-state index contributed by atoms with van der Waals surface area (Å²) in [4.78, 5) is 15.5. The first-order chi connectivity index (χ1) is 6.86. The van der Waals surface area contributed by atoms with E-state index in [1.807, 2.05) is 6.92 Å². The van der Waals surface area contributed by atoms with Crippen molar-refractivity contribution in [3.8, 4) is 0 Å². The summed E-state index contributed by atoms with van der Waals surface area (Å²) in [5.74, 6) is 0.0253. The highest BCUT2D eigenvalue weighted by atomic mass is 35.5. The Labute approximate surface area is 95.7 Å². The third kappa shape index (κ3) is 2.78. The molecule has 1 heterocycles. The van der Waals surface area contributed by atoms with Crippen LogP contribution in [0.25, 0.3) is 0 Å². The van der Waals surface area contributed by atoms with Gasteiger partial charge in [0, 0.05) is 17.6 Å². The van der Waals surface area contributed by atoms with Gasteiger partial charge in [0.25, 0.3) is 0 Å². The third-order valence-electron chi connectivity index (χ3n) is 2.27. The third-order valence-corrected chi connectivity index (χ3v) is 2.58. The van der Waals surface area contributed by atoms with Gasteiger partial charge in [-0.2, -0.15) is 0 Å². The number of carbonyl (C=O) groups excluding carboxylic acids is 1. The van der Waals surface area contributed by atoms with Crippen molar-refractivity contribution >= 4 is 17.4 Å². The highest BCUT2D eigenvalue weighted by Gasteiger charge is 2.19. The van der Waals surface area contributed by atoms with Crippen molar-refractivity contribution in [2.24, 2.45) is 0 Å². The van der Waals surface area contributed by atoms with Crippen LogP contribution in [0.4, 0.5) is 0 Å². The second-order valence-corrected chi connectivity index (χ2v) is 4.98. The van der Waals surface area contributed by atoms with Crippen molar-refractivity contribution in [3.63, 3.8) is 0 Å². The van der Waals surface area contributed by atoms with Crippen LogP contribution in [0.2, 0.25) is 5.02 Å². The average molecular weight is 226 g/mol. The van der Waals surface area contributed by atoms with E-state index in [1.165, 1.54) is 0 Å². The summed E-state index contributed by atoms with van der Waals surface area (Å²) in [5.41, 5.74) is 1.38. The minimum Gasteiger partial charge on any atom is -0.292 e. The van der Waals surface area contributed by atoms with Crippen LogP contribution in [0.1, 0.15) is 50.2 Å². The quantitative estimate of drug-likeness (QED) is 0.720. The molecule has 0 aromatic carbocycles. The molecule has 0 radical (unpaired) electrons. The Bertz CT molecular complexity index is 380. The van der Waals surface area contributed by atoms with Crippen molar-refractivity contribution in [1.82, 2.24) is 4.98 Å². The first kappa shape index (κ1) is 12.2. The van der Waals surface area contributed by atoms with E-state index >= 15 is 0 Å². The van der Waals surface area contributed by atoms with Gasteiger partial charge in [-0.1, -0.05) is 39.3 Å². The van der Waals surface area contributed by atoms with Crippen LogP contribution < -0.4 is 0 Å². The maximum Gasteiger partial charge on any atom is 0.180 e. The van der Waals surface area contributed by atoms with Crippen LogP contribution in [0.15, 0.2) is 12.3 Å². The number of nitrogens with zero attached hydrogens (tertiary/aromatic N) is 1. The summed E-state index contributed by atoms with van der Waals surface area (Å²) < 4.78 is 0. The van der Waals surface area contributed by atoms with Gasteiger partial charge in [0.2, 0.25) is 0 Å². The number of hydrogen-bond acceptors (Lipinski definition) is 2. The molecule has 0 amide bonds. The molecule has 1 rings (SSSR count). The molecular weight excluding hydrogens is 210 g/mol. The molecule has 0 fully saturated rings. The van der Waals surface area contributed by atoms with E-state index in [0.29, 0.717) is 17.1 Å². The van der Waals surface area contributed by atoms with Gasteiger partial charge in [-0.15, -0.1) is 0 Å². The second kappa shape index (κ2) is 4.31. The van der Waals surface area contributed by atoms with E-state index in [1.54, 1.807) is 12.3 Å². The van der Waals surface area contributed by atoms with Crippen molar-refractivity contribution < 1.29 is 4.79 Å². The molecule has 0 unspecified atom stereocenters. The lowest BCUT2D eigenvalue weighted by Crippen LogP contribution is -2.13. The van der Waals surface area contributed by atoms with Crippen molar-refractivity contribution in [2.45, 2.75) is 39.5 Å². The zero-order valence-electron chi connectivity index (χ0n) is 9.60. The molecule has 0 bridgehead atoms. The lowest BCUT2D eigenvalue weighted by Gasteiger charge is -2.20. The maximum atomic E-state index is 11.4. The smallest absolute Gasteiger partial charge is 0.180 e. The molecule has 0 saturated heterocycles. The van der Waals surface area contributed by atoms with E-state index < -0.39 is 0 Å². The van der Waals surface area contributed by atoms with E-state index in [9.17, 15) is 4.79 Å². The van der Waals surface area contributed by atoms with Crippen molar-refractivity contribution in [1.29, 1.82) is 0 Å². The molecule has 0 aliphatic carbocycles. The van der Waals surface area contributed by atoms with Crippen LogP contribution in [-0.4, -0.2) is 10.8 Å². The van der Waals surface area contributed by atoms with E-state index in [0.717, 1.165) is 5.56 Å². The van der Waals surface area contributed by atoms with Gasteiger partial charge < -0.3 is 0 Å². The molecule has 0 atom stereocenters. The van der Waals surface area contributed by atoms with Crippen LogP contribution in [0.5, 0.6) is 0 Å². The zero-order valence-corrected chi connectivity index (χ0v) is 10.4. The summed E-state index contributed by atoms with van der Waals surface area (Å²) in [5, 5.41) is 0.620. The number of ketones is 1. The molecule has 1 aromatic rings. The number of Topliss-reactive ketones (excluding diaryl/α,β-unsaturated/α-hetero) is 1. The van der Waals surface area contributed by atoms with Gasteiger partial charge >= 0.3 is 0 Å². The highest BCUT2D eigenvalue weighted by molar-refractivity contribution is 6.31.